The smallest absolute Gasteiger partial charge is 0.320 e. The highest BCUT2D eigenvalue weighted by Gasteiger charge is 2.34. The van der Waals surface area contributed by atoms with Crippen LogP contribution in [0, 0.1) is 0 Å². The molecule has 0 bridgehead atoms. The molecule has 2 aliphatic rings. The third kappa shape index (κ3) is 2.77. The highest BCUT2D eigenvalue weighted by atomic mass is 16.2. The number of likely N-dealkylation sites (tertiary alicyclic amines) is 1. The third-order valence-electron chi connectivity index (χ3n) is 3.44. The quantitative estimate of drug-likeness (QED) is 0.673. The zero-order valence-electron chi connectivity index (χ0n) is 10.0. The first-order chi connectivity index (χ1) is 7.83. The van der Waals surface area contributed by atoms with Gasteiger partial charge in [-0.15, -0.1) is 6.58 Å². The molecule has 0 unspecified atom stereocenters. The van der Waals surface area contributed by atoms with Gasteiger partial charge in [0.15, 0.2) is 0 Å². The highest BCUT2D eigenvalue weighted by Crippen LogP contribution is 2.28. The summed E-state index contributed by atoms with van der Waals surface area (Å²) in [5.41, 5.74) is 0. The van der Waals surface area contributed by atoms with Crippen molar-refractivity contribution in [1.29, 1.82) is 0 Å². The largest absolute Gasteiger partial charge is 0.325 e. The fourth-order valence-corrected chi connectivity index (χ4v) is 2.35. The lowest BCUT2D eigenvalue weighted by atomic mass is 10.2. The molecule has 1 saturated heterocycles. The van der Waals surface area contributed by atoms with Gasteiger partial charge in [-0.3, -0.25) is 0 Å². The van der Waals surface area contributed by atoms with Gasteiger partial charge in [0.2, 0.25) is 0 Å². The minimum absolute atomic E-state index is 0.240. The van der Waals surface area contributed by atoms with E-state index in [1.54, 1.807) is 0 Å². The maximum atomic E-state index is 12.3. The van der Waals surface area contributed by atoms with E-state index in [0.29, 0.717) is 12.6 Å². The molecule has 90 valence electrons. The van der Waals surface area contributed by atoms with Crippen LogP contribution < -0.4 is 0 Å². The summed E-state index contributed by atoms with van der Waals surface area (Å²) in [5.74, 6) is 0. The number of hydrogen-bond donors (Lipinski definition) is 0. The Balaban J connectivity index is 1.94. The van der Waals surface area contributed by atoms with Crippen LogP contribution in [0.25, 0.3) is 0 Å². The van der Waals surface area contributed by atoms with Crippen molar-refractivity contribution >= 4 is 6.03 Å². The van der Waals surface area contributed by atoms with Crippen molar-refractivity contribution in [2.24, 2.45) is 0 Å². The molecular formula is C13H22N2O. The molecule has 0 aromatic heterocycles. The fourth-order valence-electron chi connectivity index (χ4n) is 2.35. The monoisotopic (exact) mass is 222 g/mol. The Kier molecular flexibility index (Phi) is 3.86. The zero-order chi connectivity index (χ0) is 11.4. The van der Waals surface area contributed by atoms with E-state index in [9.17, 15) is 4.79 Å². The molecule has 1 aliphatic heterocycles. The summed E-state index contributed by atoms with van der Waals surface area (Å²) < 4.78 is 0. The SMILES string of the molecule is C=CCN(C(=O)N1CCCCCC1)C1CC1. The van der Waals surface area contributed by atoms with Gasteiger partial charge >= 0.3 is 6.03 Å². The number of carbonyl (C=O) groups excluding carboxylic acids is 1. The summed E-state index contributed by atoms with van der Waals surface area (Å²) in [6.07, 6.45) is 9.06. The minimum Gasteiger partial charge on any atom is -0.325 e. The average molecular weight is 222 g/mol. The first kappa shape index (κ1) is 11.5. The lowest BCUT2D eigenvalue weighted by Gasteiger charge is -2.29. The van der Waals surface area contributed by atoms with E-state index in [0.717, 1.165) is 13.1 Å². The number of amides is 2. The molecule has 0 aromatic carbocycles. The van der Waals surface area contributed by atoms with E-state index in [1.165, 1.54) is 38.5 Å². The Morgan fingerprint density at radius 1 is 1.25 bits per heavy atom. The van der Waals surface area contributed by atoms with E-state index in [1.807, 2.05) is 15.9 Å². The number of nitrogens with zero attached hydrogens (tertiary/aromatic N) is 2. The van der Waals surface area contributed by atoms with Crippen LogP contribution in [0.1, 0.15) is 38.5 Å². The molecule has 3 nitrogen and oxygen atoms in total. The molecule has 1 heterocycles. The number of rotatable bonds is 3. The molecule has 2 fully saturated rings. The van der Waals surface area contributed by atoms with Crippen molar-refractivity contribution in [3.8, 4) is 0 Å². The van der Waals surface area contributed by atoms with E-state index in [2.05, 4.69) is 6.58 Å². The van der Waals surface area contributed by atoms with Crippen LogP contribution in [0.15, 0.2) is 12.7 Å². The Bertz CT molecular complexity index is 253. The van der Waals surface area contributed by atoms with Gasteiger partial charge in [0.25, 0.3) is 0 Å². The van der Waals surface area contributed by atoms with Gasteiger partial charge < -0.3 is 9.80 Å². The average Bonchev–Trinajstić information content (AvgIpc) is 3.10. The van der Waals surface area contributed by atoms with Crippen LogP contribution in [0.3, 0.4) is 0 Å². The zero-order valence-corrected chi connectivity index (χ0v) is 10.0. The van der Waals surface area contributed by atoms with Crippen LogP contribution in [0.4, 0.5) is 4.79 Å². The van der Waals surface area contributed by atoms with E-state index < -0.39 is 0 Å². The molecule has 2 amide bonds. The summed E-state index contributed by atoms with van der Waals surface area (Å²) in [7, 11) is 0. The third-order valence-corrected chi connectivity index (χ3v) is 3.44. The number of hydrogen-bond acceptors (Lipinski definition) is 1. The van der Waals surface area contributed by atoms with Crippen molar-refractivity contribution in [3.63, 3.8) is 0 Å². The second kappa shape index (κ2) is 5.37. The maximum Gasteiger partial charge on any atom is 0.320 e. The molecule has 0 aromatic rings. The van der Waals surface area contributed by atoms with Crippen molar-refractivity contribution in [2.75, 3.05) is 19.6 Å². The lowest BCUT2D eigenvalue weighted by Crippen LogP contribution is -2.44. The number of carbonyl (C=O) groups is 1. The molecule has 0 radical (unpaired) electrons. The van der Waals surface area contributed by atoms with Crippen LogP contribution >= 0.6 is 0 Å². The first-order valence-corrected chi connectivity index (χ1v) is 6.49. The maximum absolute atomic E-state index is 12.3. The molecule has 1 saturated carbocycles. The van der Waals surface area contributed by atoms with Gasteiger partial charge in [-0.05, 0) is 25.7 Å². The van der Waals surface area contributed by atoms with Crippen LogP contribution in [-0.4, -0.2) is 41.5 Å². The molecule has 2 rings (SSSR count). The van der Waals surface area contributed by atoms with Gasteiger partial charge in [-0.1, -0.05) is 18.9 Å². The van der Waals surface area contributed by atoms with E-state index in [-0.39, 0.29) is 6.03 Å². The molecule has 0 atom stereocenters. The standard InChI is InChI=1S/C13H22N2O/c1-2-9-15(12-7-8-12)13(16)14-10-5-3-4-6-11-14/h2,12H,1,3-11H2. The van der Waals surface area contributed by atoms with Crippen molar-refractivity contribution in [2.45, 2.75) is 44.6 Å². The van der Waals surface area contributed by atoms with Gasteiger partial charge in [0, 0.05) is 25.7 Å². The second-order valence-electron chi connectivity index (χ2n) is 4.86. The molecule has 3 heteroatoms. The topological polar surface area (TPSA) is 23.6 Å². The van der Waals surface area contributed by atoms with Crippen molar-refractivity contribution in [1.82, 2.24) is 9.80 Å². The molecule has 0 N–H and O–H groups in total. The predicted octanol–water partition coefficient (Wildman–Crippen LogP) is 2.63. The number of urea groups is 1. The van der Waals surface area contributed by atoms with Crippen LogP contribution in [-0.2, 0) is 0 Å². The van der Waals surface area contributed by atoms with Crippen molar-refractivity contribution < 1.29 is 4.79 Å². The summed E-state index contributed by atoms with van der Waals surface area (Å²) in [6, 6.07) is 0.734. The van der Waals surface area contributed by atoms with Gasteiger partial charge in [0.05, 0.1) is 0 Å². The Hall–Kier alpha value is -0.990. The minimum atomic E-state index is 0.240. The summed E-state index contributed by atoms with van der Waals surface area (Å²) >= 11 is 0. The summed E-state index contributed by atoms with van der Waals surface area (Å²) in [4.78, 5) is 16.4. The van der Waals surface area contributed by atoms with Gasteiger partial charge in [-0.25, -0.2) is 4.79 Å². The molecule has 16 heavy (non-hydrogen) atoms. The van der Waals surface area contributed by atoms with E-state index >= 15 is 0 Å². The second-order valence-corrected chi connectivity index (χ2v) is 4.86. The predicted molar refractivity (Wildman–Crippen MR) is 65.4 cm³/mol. The Labute approximate surface area is 98.1 Å². The van der Waals surface area contributed by atoms with Gasteiger partial charge in [0.1, 0.15) is 0 Å². The molecule has 1 aliphatic carbocycles. The Morgan fingerprint density at radius 3 is 2.38 bits per heavy atom. The Morgan fingerprint density at radius 2 is 1.88 bits per heavy atom. The highest BCUT2D eigenvalue weighted by molar-refractivity contribution is 5.75. The van der Waals surface area contributed by atoms with Crippen molar-refractivity contribution in [3.05, 3.63) is 12.7 Å². The lowest BCUT2D eigenvalue weighted by molar-refractivity contribution is 0.156. The van der Waals surface area contributed by atoms with Gasteiger partial charge in [-0.2, -0.15) is 0 Å². The fraction of sp³-hybridized carbons (Fsp3) is 0.769. The summed E-state index contributed by atoms with van der Waals surface area (Å²) in [6.45, 7) is 6.34. The van der Waals surface area contributed by atoms with Crippen LogP contribution in [0.2, 0.25) is 0 Å². The van der Waals surface area contributed by atoms with Crippen LogP contribution in [0.5, 0.6) is 0 Å². The normalized spacial score (nSPS) is 21.4. The summed E-state index contributed by atoms with van der Waals surface area (Å²) in [5, 5.41) is 0. The molecule has 0 spiro atoms. The first-order valence-electron chi connectivity index (χ1n) is 6.49. The van der Waals surface area contributed by atoms with E-state index in [4.69, 9.17) is 0 Å². The molecular weight excluding hydrogens is 200 g/mol.